The number of ether oxygens (including phenoxy) is 2. The molecule has 28 heavy (non-hydrogen) atoms. The number of nitrogens with zero attached hydrogens (tertiary/aromatic N) is 2. The first-order valence-electron chi connectivity index (χ1n) is 10.3. The molecule has 0 amide bonds. The zero-order valence-corrected chi connectivity index (χ0v) is 18.0. The molecular weight excluding hydrogens is 392 g/mol. The summed E-state index contributed by atoms with van der Waals surface area (Å²) < 4.78 is 15.2. The molecule has 0 bridgehead atoms. The molecule has 1 aliphatic carbocycles. The topological polar surface area (TPSA) is 36.3 Å². The minimum absolute atomic E-state index is 0.139. The number of halogens is 1. The van der Waals surface area contributed by atoms with Crippen molar-refractivity contribution in [3.63, 3.8) is 0 Å². The van der Waals surface area contributed by atoms with Gasteiger partial charge in [0.1, 0.15) is 4.87 Å². The predicted octanol–water partition coefficient (Wildman–Crippen LogP) is 5.46. The Balaban J connectivity index is 1.57. The number of hydrogen-bond acceptors (Lipinski definition) is 4. The number of aryl methyl sites for hydroxylation is 1. The predicted molar refractivity (Wildman–Crippen MR) is 115 cm³/mol. The third kappa shape index (κ3) is 4.00. The van der Waals surface area contributed by atoms with Crippen LogP contribution in [0.4, 0.5) is 0 Å². The van der Waals surface area contributed by atoms with Crippen LogP contribution in [0.5, 0.6) is 0 Å². The summed E-state index contributed by atoms with van der Waals surface area (Å²) in [5.74, 6) is -0.225. The minimum atomic E-state index is -0.807. The van der Waals surface area contributed by atoms with Crippen LogP contribution in [0.25, 0.3) is 0 Å². The number of rotatable bonds is 6. The van der Waals surface area contributed by atoms with Crippen molar-refractivity contribution in [2.75, 3.05) is 6.61 Å². The van der Waals surface area contributed by atoms with Gasteiger partial charge in [0.25, 0.3) is 0 Å². The Bertz CT molecular complexity index is 759. The Hall–Kier alpha value is -1.01. The molecule has 0 N–H and O–H groups in total. The molecule has 4 rings (SSSR count). The SMILES string of the molecule is CC(S)(n1ccnc1)[C@]1(CCc2ccc(Cl)cc2)OC[C@H](C2CCCCC2)O1. The summed E-state index contributed by atoms with van der Waals surface area (Å²) in [6.07, 6.45) is 13.6. The number of benzene rings is 1. The summed E-state index contributed by atoms with van der Waals surface area (Å²) in [7, 11) is 0. The van der Waals surface area contributed by atoms with Gasteiger partial charge in [-0.25, -0.2) is 4.98 Å². The highest BCUT2D eigenvalue weighted by atomic mass is 35.5. The fourth-order valence-electron chi connectivity index (χ4n) is 4.56. The Morgan fingerprint density at radius 1 is 1.25 bits per heavy atom. The van der Waals surface area contributed by atoms with Crippen molar-refractivity contribution < 1.29 is 9.47 Å². The van der Waals surface area contributed by atoms with Gasteiger partial charge in [0, 0.05) is 23.8 Å². The quantitative estimate of drug-likeness (QED) is 0.630. The zero-order valence-electron chi connectivity index (χ0n) is 16.4. The third-order valence-electron chi connectivity index (χ3n) is 6.38. The van der Waals surface area contributed by atoms with Gasteiger partial charge < -0.3 is 14.0 Å². The molecule has 3 atom stereocenters. The van der Waals surface area contributed by atoms with E-state index in [9.17, 15) is 0 Å². The van der Waals surface area contributed by atoms with Crippen LogP contribution >= 0.6 is 24.2 Å². The summed E-state index contributed by atoms with van der Waals surface area (Å²) in [5.41, 5.74) is 1.21. The van der Waals surface area contributed by atoms with Crippen LogP contribution in [0.2, 0.25) is 5.02 Å². The third-order valence-corrected chi connectivity index (χ3v) is 7.21. The van der Waals surface area contributed by atoms with Gasteiger partial charge in [-0.2, -0.15) is 0 Å². The fourth-order valence-corrected chi connectivity index (χ4v) is 5.03. The van der Waals surface area contributed by atoms with Crippen LogP contribution in [-0.4, -0.2) is 28.0 Å². The summed E-state index contributed by atoms with van der Waals surface area (Å²) in [6.45, 7) is 2.69. The average molecular weight is 421 g/mol. The normalized spacial score (nSPS) is 28.3. The van der Waals surface area contributed by atoms with Crippen molar-refractivity contribution in [3.8, 4) is 0 Å². The van der Waals surface area contributed by atoms with Crippen molar-refractivity contribution in [2.24, 2.45) is 5.92 Å². The van der Waals surface area contributed by atoms with Crippen molar-refractivity contribution in [2.45, 2.75) is 68.6 Å². The largest absolute Gasteiger partial charge is 0.344 e. The molecule has 2 aromatic rings. The van der Waals surface area contributed by atoms with E-state index in [4.69, 9.17) is 33.7 Å². The highest BCUT2D eigenvalue weighted by Crippen LogP contribution is 2.47. The second-order valence-electron chi connectivity index (χ2n) is 8.24. The van der Waals surface area contributed by atoms with Crippen LogP contribution in [0.1, 0.15) is 51.0 Å². The number of hydrogen-bond donors (Lipinski definition) is 1. The minimum Gasteiger partial charge on any atom is -0.344 e. The van der Waals surface area contributed by atoms with E-state index in [1.165, 1.54) is 37.7 Å². The number of thiol groups is 1. The monoisotopic (exact) mass is 420 g/mol. The second-order valence-corrected chi connectivity index (χ2v) is 9.54. The Kier molecular flexibility index (Phi) is 6.07. The van der Waals surface area contributed by atoms with Crippen LogP contribution in [0, 0.1) is 5.92 Å². The highest BCUT2D eigenvalue weighted by Gasteiger charge is 2.55. The van der Waals surface area contributed by atoms with E-state index in [0.717, 1.165) is 17.9 Å². The molecule has 1 unspecified atom stereocenters. The van der Waals surface area contributed by atoms with E-state index in [2.05, 4.69) is 24.0 Å². The summed E-state index contributed by atoms with van der Waals surface area (Å²) in [6, 6.07) is 7.99. The molecule has 152 valence electrons. The number of aromatic nitrogens is 2. The van der Waals surface area contributed by atoms with Crippen molar-refractivity contribution in [1.82, 2.24) is 9.55 Å². The van der Waals surface area contributed by atoms with E-state index < -0.39 is 10.7 Å². The Labute approximate surface area is 178 Å². The highest BCUT2D eigenvalue weighted by molar-refractivity contribution is 7.81. The van der Waals surface area contributed by atoms with E-state index >= 15 is 0 Å². The maximum absolute atomic E-state index is 6.75. The van der Waals surface area contributed by atoms with Gasteiger partial charge >= 0.3 is 0 Å². The van der Waals surface area contributed by atoms with Gasteiger partial charge in [-0.3, -0.25) is 0 Å². The molecule has 2 fully saturated rings. The maximum Gasteiger partial charge on any atom is 0.202 e. The van der Waals surface area contributed by atoms with Crippen LogP contribution in [-0.2, 0) is 20.8 Å². The van der Waals surface area contributed by atoms with Gasteiger partial charge in [-0.05, 0) is 49.8 Å². The van der Waals surface area contributed by atoms with E-state index in [1.807, 2.05) is 22.9 Å². The van der Waals surface area contributed by atoms with E-state index in [0.29, 0.717) is 12.5 Å². The molecular formula is C22H29ClN2O2S. The van der Waals surface area contributed by atoms with Gasteiger partial charge in [-0.1, -0.05) is 43.0 Å². The van der Waals surface area contributed by atoms with Gasteiger partial charge in [0.15, 0.2) is 0 Å². The molecule has 6 heteroatoms. The maximum atomic E-state index is 6.75. The molecule has 0 spiro atoms. The summed E-state index contributed by atoms with van der Waals surface area (Å²) in [5, 5.41) is 0.752. The summed E-state index contributed by atoms with van der Waals surface area (Å²) >= 11 is 11.1. The molecule has 2 heterocycles. The van der Waals surface area contributed by atoms with Crippen LogP contribution in [0.3, 0.4) is 0 Å². The molecule has 1 saturated carbocycles. The zero-order chi connectivity index (χ0) is 19.6. The lowest BCUT2D eigenvalue weighted by Crippen LogP contribution is -2.51. The smallest absolute Gasteiger partial charge is 0.202 e. The Morgan fingerprint density at radius 3 is 2.68 bits per heavy atom. The lowest BCUT2D eigenvalue weighted by Gasteiger charge is -2.43. The Morgan fingerprint density at radius 2 is 2.00 bits per heavy atom. The first-order valence-corrected chi connectivity index (χ1v) is 11.1. The van der Waals surface area contributed by atoms with Gasteiger partial charge in [-0.15, -0.1) is 12.6 Å². The van der Waals surface area contributed by atoms with Crippen molar-refractivity contribution in [1.29, 1.82) is 0 Å². The second kappa shape index (κ2) is 8.39. The first-order chi connectivity index (χ1) is 13.5. The molecule has 1 aliphatic heterocycles. The average Bonchev–Trinajstić information content (AvgIpc) is 3.40. The van der Waals surface area contributed by atoms with Gasteiger partial charge in [0.05, 0.1) is 19.0 Å². The molecule has 4 nitrogen and oxygen atoms in total. The van der Waals surface area contributed by atoms with E-state index in [-0.39, 0.29) is 6.10 Å². The van der Waals surface area contributed by atoms with Crippen LogP contribution < -0.4 is 0 Å². The summed E-state index contributed by atoms with van der Waals surface area (Å²) in [4.78, 5) is 3.55. The molecule has 2 aliphatic rings. The lowest BCUT2D eigenvalue weighted by atomic mass is 9.85. The van der Waals surface area contributed by atoms with Crippen LogP contribution in [0.15, 0.2) is 43.0 Å². The number of imidazole rings is 1. The standard InChI is InChI=1S/C22H29ClN2O2S/c1-21(28,25-14-13-24-16-25)22(12-11-17-7-9-19(23)10-8-17)26-15-20(27-22)18-5-3-2-4-6-18/h7-10,13-14,16,18,20,28H,2-6,11-12,15H2,1H3/t20-,21?,22-/m1/s1. The van der Waals surface area contributed by atoms with E-state index in [1.54, 1.807) is 12.5 Å². The van der Waals surface area contributed by atoms with Crippen molar-refractivity contribution >= 4 is 24.2 Å². The fraction of sp³-hybridized carbons (Fsp3) is 0.591. The molecule has 1 saturated heterocycles. The lowest BCUT2D eigenvalue weighted by molar-refractivity contribution is -0.215. The molecule has 1 aromatic heterocycles. The molecule has 0 radical (unpaired) electrons. The van der Waals surface area contributed by atoms with Crippen molar-refractivity contribution in [3.05, 3.63) is 53.6 Å². The van der Waals surface area contributed by atoms with Gasteiger partial charge in [0.2, 0.25) is 5.79 Å². The molecule has 1 aromatic carbocycles. The first kappa shape index (κ1) is 20.3.